The summed E-state index contributed by atoms with van der Waals surface area (Å²) in [4.78, 5) is 0. The highest BCUT2D eigenvalue weighted by Crippen LogP contribution is 2.65. The molecule has 0 radical (unpaired) electrons. The Morgan fingerprint density at radius 2 is 1.94 bits per heavy atom. The van der Waals surface area contributed by atoms with Crippen molar-refractivity contribution in [3.05, 3.63) is 23.5 Å². The summed E-state index contributed by atoms with van der Waals surface area (Å²) in [6.07, 6.45) is 16.7. The molecule has 0 aromatic heterocycles. The van der Waals surface area contributed by atoms with E-state index in [9.17, 15) is 0 Å². The van der Waals surface area contributed by atoms with Crippen LogP contribution in [-0.2, 0) is 4.74 Å². The number of hydrazine groups is 1. The van der Waals surface area contributed by atoms with Gasteiger partial charge in [0.2, 0.25) is 0 Å². The topological polar surface area (TPSA) is 76.5 Å². The van der Waals surface area contributed by atoms with Gasteiger partial charge in [0.1, 0.15) is 0 Å². The molecule has 2 aliphatic heterocycles. The van der Waals surface area contributed by atoms with E-state index in [1.54, 1.807) is 11.8 Å². The van der Waals surface area contributed by atoms with Crippen LogP contribution < -0.4 is 16.9 Å². The predicted molar refractivity (Wildman–Crippen MR) is 142 cm³/mol. The maximum Gasteiger partial charge on any atom is 0.0765 e. The molecule has 0 amide bonds. The number of allylic oxidation sites excluding steroid dienone is 1. The molecular formula is C30H50N4O. The molecule has 5 heteroatoms. The normalized spacial score (nSPS) is 51.6. The summed E-state index contributed by atoms with van der Waals surface area (Å²) in [5.74, 6) is 11.0. The monoisotopic (exact) mass is 482 g/mol. The van der Waals surface area contributed by atoms with Crippen LogP contribution in [0.5, 0.6) is 0 Å². The van der Waals surface area contributed by atoms with E-state index in [0.717, 1.165) is 42.6 Å². The Balaban J connectivity index is 1.22. The fraction of sp³-hybridized carbons (Fsp3) is 0.867. The van der Waals surface area contributed by atoms with Crippen LogP contribution in [0.2, 0.25) is 0 Å². The molecule has 196 valence electrons. The van der Waals surface area contributed by atoms with Crippen molar-refractivity contribution in [1.82, 2.24) is 10.3 Å². The van der Waals surface area contributed by atoms with Gasteiger partial charge in [0.05, 0.1) is 11.7 Å². The number of nitrogens with zero attached hydrogens (tertiary/aromatic N) is 1. The highest BCUT2D eigenvalue weighted by atomic mass is 16.5. The van der Waals surface area contributed by atoms with Gasteiger partial charge in [-0.3, -0.25) is 0 Å². The van der Waals surface area contributed by atoms with Crippen molar-refractivity contribution < 1.29 is 4.74 Å². The highest BCUT2D eigenvalue weighted by molar-refractivity contribution is 5.29. The zero-order valence-electron chi connectivity index (χ0n) is 22.6. The Hall–Kier alpha value is -1.04. The molecule has 11 atom stereocenters. The van der Waals surface area contributed by atoms with Gasteiger partial charge in [-0.05, 0) is 113 Å². The van der Waals surface area contributed by atoms with Gasteiger partial charge in [0.25, 0.3) is 0 Å². The van der Waals surface area contributed by atoms with Crippen LogP contribution in [0.3, 0.4) is 0 Å². The van der Waals surface area contributed by atoms with E-state index in [2.05, 4.69) is 33.0 Å². The Kier molecular flexibility index (Phi) is 6.09. The Morgan fingerprint density at radius 1 is 1.11 bits per heavy atom. The van der Waals surface area contributed by atoms with E-state index in [0.29, 0.717) is 29.5 Å². The van der Waals surface area contributed by atoms with Crippen LogP contribution in [0.15, 0.2) is 23.5 Å². The van der Waals surface area contributed by atoms with E-state index >= 15 is 0 Å². The molecule has 6 aliphatic rings. The minimum absolute atomic E-state index is 0.0591. The van der Waals surface area contributed by atoms with Crippen molar-refractivity contribution >= 4 is 0 Å². The van der Waals surface area contributed by atoms with Crippen LogP contribution in [-0.4, -0.2) is 35.3 Å². The second kappa shape index (κ2) is 8.77. The van der Waals surface area contributed by atoms with Gasteiger partial charge < -0.3 is 20.8 Å². The average Bonchev–Trinajstić information content (AvgIpc) is 3.28. The summed E-state index contributed by atoms with van der Waals surface area (Å²) in [7, 11) is 0. The van der Waals surface area contributed by atoms with Gasteiger partial charge >= 0.3 is 0 Å². The lowest BCUT2D eigenvalue weighted by Gasteiger charge is -2.55. The van der Waals surface area contributed by atoms with Gasteiger partial charge in [-0.2, -0.15) is 0 Å². The van der Waals surface area contributed by atoms with Crippen molar-refractivity contribution in [2.75, 3.05) is 6.54 Å². The summed E-state index contributed by atoms with van der Waals surface area (Å²) in [5, 5.41) is 5.76. The molecule has 3 saturated carbocycles. The Labute approximate surface area is 213 Å². The highest BCUT2D eigenvalue weighted by Gasteiger charge is 2.59. The molecule has 5 N–H and O–H groups in total. The molecule has 1 spiro atoms. The van der Waals surface area contributed by atoms with Gasteiger partial charge in [-0.15, -0.1) is 0 Å². The molecule has 0 unspecified atom stereocenters. The SMILES string of the molecule is CC1=C2C[C@H]3[C@@H](CC[C@@H]4C[C@@H](N(N)/C=C\N)CC[C@@]43C)[C@@H]2CC[C@@]2(C1)O[C@@H]1C[C@H](C)CN[C@H]1[C@H]2C. The van der Waals surface area contributed by atoms with E-state index < -0.39 is 0 Å². The standard InChI is InChI=1S/C30H50N4O/c1-18-13-27-28(33-17-18)20(3)30(35-27)10-8-23-24-6-5-21-14-22(34(32)12-11-31)7-9-29(21,4)26(24)15-25(23)19(2)16-30/h11-12,18,20-24,26-28,33H,5-10,13-17,31-32H2,1-4H3/b12-11-/t18-,20+,21+,22-,23-,24-,26-,27+,28-,29-,30-/m0/s1. The second-order valence-electron chi connectivity index (χ2n) is 13.9. The van der Waals surface area contributed by atoms with Crippen molar-refractivity contribution in [2.24, 2.45) is 52.5 Å². The molecule has 0 aromatic rings. The lowest BCUT2D eigenvalue weighted by Crippen LogP contribution is -2.51. The average molecular weight is 483 g/mol. The Bertz CT molecular complexity index is 886. The molecule has 5 fully saturated rings. The van der Waals surface area contributed by atoms with Crippen molar-refractivity contribution in [3.63, 3.8) is 0 Å². The van der Waals surface area contributed by atoms with E-state index in [-0.39, 0.29) is 5.60 Å². The second-order valence-corrected chi connectivity index (χ2v) is 13.9. The number of fused-ring (bicyclic) bond motifs is 6. The van der Waals surface area contributed by atoms with Crippen LogP contribution in [0, 0.1) is 40.9 Å². The molecular weight excluding hydrogens is 432 g/mol. The smallest absolute Gasteiger partial charge is 0.0765 e. The maximum atomic E-state index is 7.06. The number of hydrogen-bond acceptors (Lipinski definition) is 5. The number of nitrogens with one attached hydrogen (secondary N) is 1. The lowest BCUT2D eigenvalue weighted by atomic mass is 9.52. The predicted octanol–water partition coefficient (Wildman–Crippen LogP) is 5.09. The summed E-state index contributed by atoms with van der Waals surface area (Å²) < 4.78 is 7.06. The number of nitrogens with two attached hydrogens (primary N) is 2. The fourth-order valence-electron chi connectivity index (χ4n) is 10.3. The first-order valence-electron chi connectivity index (χ1n) is 14.8. The summed E-state index contributed by atoms with van der Waals surface area (Å²) in [6, 6.07) is 0.994. The number of hydrogen-bond donors (Lipinski definition) is 3. The third kappa shape index (κ3) is 3.74. The van der Waals surface area contributed by atoms with E-state index in [1.807, 2.05) is 16.8 Å². The maximum absolute atomic E-state index is 7.06. The zero-order chi connectivity index (χ0) is 24.5. The number of piperidine rings is 1. The summed E-state index contributed by atoms with van der Waals surface area (Å²) in [5.41, 5.74) is 9.69. The molecule has 2 saturated heterocycles. The number of rotatable bonds is 2. The van der Waals surface area contributed by atoms with Crippen LogP contribution in [0.4, 0.5) is 0 Å². The summed E-state index contributed by atoms with van der Waals surface area (Å²) >= 11 is 0. The van der Waals surface area contributed by atoms with Gasteiger partial charge in [-0.25, -0.2) is 5.84 Å². The molecule has 35 heavy (non-hydrogen) atoms. The number of ether oxygens (including phenoxy) is 1. The first-order chi connectivity index (χ1) is 16.8. The lowest BCUT2D eigenvalue weighted by molar-refractivity contribution is -0.0758. The van der Waals surface area contributed by atoms with Crippen molar-refractivity contribution in [1.29, 1.82) is 0 Å². The fourth-order valence-corrected chi connectivity index (χ4v) is 10.3. The van der Waals surface area contributed by atoms with Crippen molar-refractivity contribution in [3.8, 4) is 0 Å². The van der Waals surface area contributed by atoms with Gasteiger partial charge in [0.15, 0.2) is 0 Å². The van der Waals surface area contributed by atoms with Crippen molar-refractivity contribution in [2.45, 2.75) is 116 Å². The quantitative estimate of drug-likeness (QED) is 0.290. The van der Waals surface area contributed by atoms with E-state index in [4.69, 9.17) is 16.3 Å². The minimum Gasteiger partial charge on any atom is -0.403 e. The zero-order valence-corrected chi connectivity index (χ0v) is 22.6. The first kappa shape index (κ1) is 24.3. The third-order valence-corrected chi connectivity index (χ3v) is 12.3. The van der Waals surface area contributed by atoms with Crippen LogP contribution in [0.1, 0.15) is 91.9 Å². The third-order valence-electron chi connectivity index (χ3n) is 12.3. The van der Waals surface area contributed by atoms with Crippen LogP contribution >= 0.6 is 0 Å². The Morgan fingerprint density at radius 3 is 2.74 bits per heavy atom. The molecule has 2 heterocycles. The van der Waals surface area contributed by atoms with Crippen LogP contribution in [0.25, 0.3) is 0 Å². The van der Waals surface area contributed by atoms with E-state index in [1.165, 1.54) is 57.8 Å². The molecule has 5 nitrogen and oxygen atoms in total. The largest absolute Gasteiger partial charge is 0.403 e. The molecule has 0 aromatic carbocycles. The van der Waals surface area contributed by atoms with Gasteiger partial charge in [-0.1, -0.05) is 31.9 Å². The first-order valence-corrected chi connectivity index (χ1v) is 14.8. The van der Waals surface area contributed by atoms with Gasteiger partial charge in [0, 0.05) is 30.4 Å². The minimum atomic E-state index is 0.0591. The summed E-state index contributed by atoms with van der Waals surface area (Å²) in [6.45, 7) is 11.1. The molecule has 0 bridgehead atoms. The molecule has 6 rings (SSSR count). The molecule has 4 aliphatic carbocycles.